The molecule has 0 unspecified atom stereocenters. The van der Waals surface area contributed by atoms with Crippen molar-refractivity contribution in [3.05, 3.63) is 34.6 Å². The molecule has 0 radical (unpaired) electrons. The van der Waals surface area contributed by atoms with Crippen molar-refractivity contribution < 1.29 is 14.7 Å². The topological polar surface area (TPSA) is 84.2 Å². The third-order valence-electron chi connectivity index (χ3n) is 4.47. The SMILES string of the molecule is Cc1cc(C(=O)NC2(CC(=O)O)CCC2)c(C)n1-c1nccs1. The fourth-order valence-corrected chi connectivity index (χ4v) is 3.91. The van der Waals surface area contributed by atoms with E-state index < -0.39 is 11.5 Å². The molecule has 6 nitrogen and oxygen atoms in total. The predicted octanol–water partition coefficient (Wildman–Crippen LogP) is 2.68. The summed E-state index contributed by atoms with van der Waals surface area (Å²) in [6.45, 7) is 3.81. The van der Waals surface area contributed by atoms with Gasteiger partial charge in [0.15, 0.2) is 5.13 Å². The average Bonchev–Trinajstić information content (AvgIpc) is 3.03. The smallest absolute Gasteiger partial charge is 0.305 e. The Hall–Kier alpha value is -2.15. The molecule has 0 aromatic carbocycles. The van der Waals surface area contributed by atoms with Crippen LogP contribution in [0.1, 0.15) is 47.4 Å². The van der Waals surface area contributed by atoms with Crippen LogP contribution < -0.4 is 5.32 Å². The first-order chi connectivity index (χ1) is 10.9. The van der Waals surface area contributed by atoms with E-state index in [9.17, 15) is 9.59 Å². The number of hydrogen-bond acceptors (Lipinski definition) is 4. The summed E-state index contributed by atoms with van der Waals surface area (Å²) < 4.78 is 1.95. The lowest BCUT2D eigenvalue weighted by molar-refractivity contribution is -0.139. The minimum atomic E-state index is -0.877. The van der Waals surface area contributed by atoms with E-state index >= 15 is 0 Å². The zero-order valence-electron chi connectivity index (χ0n) is 13.1. The third kappa shape index (κ3) is 2.88. The van der Waals surface area contributed by atoms with Gasteiger partial charge in [-0.05, 0) is 39.2 Å². The van der Waals surface area contributed by atoms with Gasteiger partial charge in [0.25, 0.3) is 5.91 Å². The summed E-state index contributed by atoms with van der Waals surface area (Å²) in [4.78, 5) is 28.0. The molecule has 0 bridgehead atoms. The van der Waals surface area contributed by atoms with Gasteiger partial charge >= 0.3 is 5.97 Å². The number of rotatable bonds is 5. The monoisotopic (exact) mass is 333 g/mol. The summed E-state index contributed by atoms with van der Waals surface area (Å²) in [5.41, 5.74) is 1.74. The molecule has 122 valence electrons. The van der Waals surface area contributed by atoms with Crippen LogP contribution >= 0.6 is 11.3 Å². The highest BCUT2D eigenvalue weighted by atomic mass is 32.1. The maximum Gasteiger partial charge on any atom is 0.305 e. The Bertz CT molecular complexity index is 745. The van der Waals surface area contributed by atoms with Crippen LogP contribution in [-0.4, -0.2) is 32.1 Å². The molecule has 2 heterocycles. The molecule has 0 atom stereocenters. The minimum absolute atomic E-state index is 0.0239. The average molecular weight is 333 g/mol. The molecule has 1 aliphatic rings. The molecule has 23 heavy (non-hydrogen) atoms. The molecule has 0 aliphatic heterocycles. The van der Waals surface area contributed by atoms with Gasteiger partial charge in [0.2, 0.25) is 0 Å². The van der Waals surface area contributed by atoms with E-state index in [-0.39, 0.29) is 12.3 Å². The Morgan fingerprint density at radius 1 is 1.43 bits per heavy atom. The molecule has 2 N–H and O–H groups in total. The molecular weight excluding hydrogens is 314 g/mol. The summed E-state index contributed by atoms with van der Waals surface area (Å²) in [5.74, 6) is -1.08. The van der Waals surface area contributed by atoms with Crippen molar-refractivity contribution in [3.8, 4) is 5.13 Å². The molecule has 1 saturated carbocycles. The van der Waals surface area contributed by atoms with Gasteiger partial charge in [0.05, 0.1) is 17.5 Å². The summed E-state index contributed by atoms with van der Waals surface area (Å²) in [6.07, 6.45) is 4.09. The van der Waals surface area contributed by atoms with Gasteiger partial charge in [0, 0.05) is 23.0 Å². The molecule has 2 aromatic heterocycles. The highest BCUT2D eigenvalue weighted by Gasteiger charge is 2.40. The first kappa shape index (κ1) is 15.7. The standard InChI is InChI=1S/C16H19N3O3S/c1-10-8-12(11(2)19(10)15-17-6-7-23-15)14(22)18-16(4-3-5-16)9-13(20)21/h6-8H,3-5,9H2,1-2H3,(H,18,22)(H,20,21). The van der Waals surface area contributed by atoms with Crippen molar-refractivity contribution in [2.45, 2.75) is 45.1 Å². The Morgan fingerprint density at radius 3 is 2.70 bits per heavy atom. The fourth-order valence-electron chi connectivity index (χ4n) is 3.16. The maximum absolute atomic E-state index is 12.7. The largest absolute Gasteiger partial charge is 0.481 e. The molecule has 0 saturated heterocycles. The van der Waals surface area contributed by atoms with Crippen molar-refractivity contribution >= 4 is 23.2 Å². The number of carbonyl (C=O) groups excluding carboxylic acids is 1. The number of thiazole rings is 1. The Morgan fingerprint density at radius 2 is 2.17 bits per heavy atom. The highest BCUT2D eigenvalue weighted by Crippen LogP contribution is 2.35. The summed E-state index contributed by atoms with van der Waals surface area (Å²) in [5, 5.41) is 14.7. The zero-order valence-corrected chi connectivity index (χ0v) is 13.9. The van der Waals surface area contributed by atoms with Crippen molar-refractivity contribution in [1.82, 2.24) is 14.9 Å². The van der Waals surface area contributed by atoms with Gasteiger partial charge in [-0.15, -0.1) is 11.3 Å². The van der Waals surface area contributed by atoms with Crippen LogP contribution in [0.2, 0.25) is 0 Å². The van der Waals surface area contributed by atoms with E-state index in [1.165, 1.54) is 11.3 Å². The van der Waals surface area contributed by atoms with E-state index in [2.05, 4.69) is 10.3 Å². The summed E-state index contributed by atoms with van der Waals surface area (Å²) >= 11 is 1.51. The predicted molar refractivity (Wildman–Crippen MR) is 87.2 cm³/mol. The minimum Gasteiger partial charge on any atom is -0.481 e. The number of carboxylic acids is 1. The molecule has 7 heteroatoms. The van der Waals surface area contributed by atoms with E-state index in [0.29, 0.717) is 5.56 Å². The second-order valence-corrected chi connectivity index (χ2v) is 6.97. The molecule has 1 aliphatic carbocycles. The number of carboxylic acid groups (broad SMARTS) is 1. The highest BCUT2D eigenvalue weighted by molar-refractivity contribution is 7.12. The molecule has 2 aromatic rings. The molecule has 3 rings (SSSR count). The zero-order chi connectivity index (χ0) is 16.6. The Labute approximate surface area is 138 Å². The first-order valence-electron chi connectivity index (χ1n) is 7.55. The Balaban J connectivity index is 1.86. The number of aryl methyl sites for hydroxylation is 1. The molecule has 0 spiro atoms. The van der Waals surface area contributed by atoms with Gasteiger partial charge in [-0.3, -0.25) is 14.2 Å². The number of hydrogen-bond donors (Lipinski definition) is 2. The van der Waals surface area contributed by atoms with Gasteiger partial charge in [-0.1, -0.05) is 0 Å². The lowest BCUT2D eigenvalue weighted by Gasteiger charge is -2.41. The lowest BCUT2D eigenvalue weighted by Crippen LogP contribution is -2.54. The van der Waals surface area contributed by atoms with Crippen LogP contribution in [0.15, 0.2) is 17.6 Å². The first-order valence-corrected chi connectivity index (χ1v) is 8.43. The van der Waals surface area contributed by atoms with Gasteiger partial charge in [-0.25, -0.2) is 4.98 Å². The third-order valence-corrected chi connectivity index (χ3v) is 5.22. The van der Waals surface area contributed by atoms with Crippen LogP contribution in [0.5, 0.6) is 0 Å². The maximum atomic E-state index is 12.7. The number of carbonyl (C=O) groups is 2. The number of aliphatic carboxylic acids is 1. The van der Waals surface area contributed by atoms with Crippen LogP contribution in [0.3, 0.4) is 0 Å². The normalized spacial score (nSPS) is 15.9. The van der Waals surface area contributed by atoms with Crippen LogP contribution in [0, 0.1) is 13.8 Å². The van der Waals surface area contributed by atoms with Crippen molar-refractivity contribution in [1.29, 1.82) is 0 Å². The van der Waals surface area contributed by atoms with E-state index in [0.717, 1.165) is 35.8 Å². The number of amides is 1. The second-order valence-electron chi connectivity index (χ2n) is 6.09. The lowest BCUT2D eigenvalue weighted by atomic mass is 9.74. The van der Waals surface area contributed by atoms with Crippen molar-refractivity contribution in [2.24, 2.45) is 0 Å². The van der Waals surface area contributed by atoms with Crippen LogP contribution in [0.25, 0.3) is 5.13 Å². The van der Waals surface area contributed by atoms with Gasteiger partial charge in [0.1, 0.15) is 0 Å². The number of nitrogens with one attached hydrogen (secondary N) is 1. The van der Waals surface area contributed by atoms with E-state index in [1.54, 1.807) is 6.20 Å². The van der Waals surface area contributed by atoms with Gasteiger partial charge in [-0.2, -0.15) is 0 Å². The van der Waals surface area contributed by atoms with Gasteiger partial charge < -0.3 is 10.4 Å². The van der Waals surface area contributed by atoms with Crippen LogP contribution in [-0.2, 0) is 4.79 Å². The fraction of sp³-hybridized carbons (Fsp3) is 0.438. The van der Waals surface area contributed by atoms with E-state index in [1.807, 2.05) is 29.9 Å². The molecule has 1 amide bonds. The van der Waals surface area contributed by atoms with Crippen molar-refractivity contribution in [3.63, 3.8) is 0 Å². The summed E-state index contributed by atoms with van der Waals surface area (Å²) in [7, 11) is 0. The van der Waals surface area contributed by atoms with Crippen molar-refractivity contribution in [2.75, 3.05) is 0 Å². The van der Waals surface area contributed by atoms with E-state index in [4.69, 9.17) is 5.11 Å². The number of aromatic nitrogens is 2. The quantitative estimate of drug-likeness (QED) is 0.881. The summed E-state index contributed by atoms with van der Waals surface area (Å²) in [6, 6.07) is 1.83. The van der Waals surface area contributed by atoms with Crippen LogP contribution in [0.4, 0.5) is 0 Å². The number of nitrogens with zero attached hydrogens (tertiary/aromatic N) is 2. The molecular formula is C16H19N3O3S. The second kappa shape index (κ2) is 5.81. The Kier molecular flexibility index (Phi) is 3.97. The molecule has 1 fully saturated rings.